The topological polar surface area (TPSA) is 237 Å². The molecule has 0 aliphatic heterocycles. The molecule has 0 saturated heterocycles. The molecule has 19 heteroatoms. The minimum absolute atomic E-state index is 0.107. The highest BCUT2D eigenvalue weighted by Crippen LogP contribution is 2.45. The van der Waals surface area contributed by atoms with Crippen LogP contribution in [0.5, 0.6) is 0 Å². The first-order valence-corrected chi connectivity index (χ1v) is 44.1. The van der Waals surface area contributed by atoms with Gasteiger partial charge >= 0.3 is 39.5 Å². The van der Waals surface area contributed by atoms with Gasteiger partial charge in [0.2, 0.25) is 0 Å². The lowest BCUT2D eigenvalue weighted by molar-refractivity contribution is -0.161. The van der Waals surface area contributed by atoms with E-state index in [1.165, 1.54) is 231 Å². The van der Waals surface area contributed by atoms with E-state index >= 15 is 0 Å². The number of rotatable bonds is 79. The standard InChI is InChI=1S/C79H154O17P2/c1-6-9-12-15-18-20-22-24-26-28-29-30-32-34-36-40-44-49-54-59-64-78(83)96-75(69-90-77(82)63-58-53-48-43-39-35-33-31-27-25-23-21-19-16-13-10-7-2)71-94-98(87,88)92-67-73(80)66-91-97(85,86)93-70-74(68-89-76(81)62-57-52-46-17-14-11-8-3)95-79(84)65-60-55-50-45-41-37-38-42-47-51-56-61-72(4)5/h72-75,80H,6-71H2,1-5H3,(H,85,86)(H,87,88)/t73-,74+,75+/m0/s1. The van der Waals surface area contributed by atoms with Gasteiger partial charge in [-0.25, -0.2) is 9.13 Å². The highest BCUT2D eigenvalue weighted by Gasteiger charge is 2.30. The van der Waals surface area contributed by atoms with E-state index in [1.807, 2.05) is 0 Å². The largest absolute Gasteiger partial charge is 0.472 e. The molecular formula is C79H154O17P2. The number of ether oxygens (including phenoxy) is 4. The smallest absolute Gasteiger partial charge is 0.462 e. The summed E-state index contributed by atoms with van der Waals surface area (Å²) < 4.78 is 68.5. The fourth-order valence-corrected chi connectivity index (χ4v) is 13.8. The van der Waals surface area contributed by atoms with Crippen LogP contribution in [0.1, 0.15) is 420 Å². The van der Waals surface area contributed by atoms with Gasteiger partial charge in [0.1, 0.15) is 19.3 Å². The number of hydrogen-bond donors (Lipinski definition) is 3. The molecule has 0 amide bonds. The van der Waals surface area contributed by atoms with Crippen molar-refractivity contribution in [1.29, 1.82) is 0 Å². The van der Waals surface area contributed by atoms with Gasteiger partial charge in [0.15, 0.2) is 12.2 Å². The Labute approximate surface area is 600 Å². The van der Waals surface area contributed by atoms with Crippen LogP contribution in [0.4, 0.5) is 0 Å². The second kappa shape index (κ2) is 72.0. The zero-order chi connectivity index (χ0) is 71.9. The van der Waals surface area contributed by atoms with E-state index in [2.05, 4.69) is 34.6 Å². The van der Waals surface area contributed by atoms with Crippen molar-refractivity contribution in [2.24, 2.45) is 5.92 Å². The summed E-state index contributed by atoms with van der Waals surface area (Å²) in [6.07, 6.45) is 62.7. The molecule has 0 aliphatic rings. The maximum Gasteiger partial charge on any atom is 0.472 e. The van der Waals surface area contributed by atoms with Crippen molar-refractivity contribution >= 4 is 39.5 Å². The first kappa shape index (κ1) is 96.1. The summed E-state index contributed by atoms with van der Waals surface area (Å²) in [6, 6.07) is 0. The summed E-state index contributed by atoms with van der Waals surface area (Å²) in [5.41, 5.74) is 0. The molecule has 0 fully saturated rings. The van der Waals surface area contributed by atoms with Crippen LogP contribution < -0.4 is 0 Å². The van der Waals surface area contributed by atoms with Crippen molar-refractivity contribution in [2.45, 2.75) is 438 Å². The molecule has 0 spiro atoms. The summed E-state index contributed by atoms with van der Waals surface area (Å²) in [7, 11) is -9.91. The van der Waals surface area contributed by atoms with Gasteiger partial charge in [0, 0.05) is 25.7 Å². The molecule has 0 aromatic heterocycles. The minimum Gasteiger partial charge on any atom is -0.462 e. The lowest BCUT2D eigenvalue weighted by atomic mass is 10.0. The Balaban J connectivity index is 5.18. The lowest BCUT2D eigenvalue weighted by Crippen LogP contribution is -2.30. The third-order valence-corrected chi connectivity index (χ3v) is 20.4. The van der Waals surface area contributed by atoms with Crippen molar-refractivity contribution in [2.75, 3.05) is 39.6 Å². The predicted molar refractivity (Wildman–Crippen MR) is 400 cm³/mol. The van der Waals surface area contributed by atoms with E-state index in [0.29, 0.717) is 25.7 Å². The van der Waals surface area contributed by atoms with Gasteiger partial charge in [-0.15, -0.1) is 0 Å². The Morgan fingerprint density at radius 2 is 0.469 bits per heavy atom. The number of unbranched alkanes of at least 4 members (excludes halogenated alkanes) is 51. The number of carbonyl (C=O) groups is 4. The molecule has 5 atom stereocenters. The predicted octanol–water partition coefficient (Wildman–Crippen LogP) is 23.6. The van der Waals surface area contributed by atoms with Crippen LogP contribution in [-0.4, -0.2) is 96.7 Å². The summed E-state index contributed by atoms with van der Waals surface area (Å²) in [4.78, 5) is 72.8. The van der Waals surface area contributed by atoms with E-state index < -0.39 is 97.5 Å². The van der Waals surface area contributed by atoms with Crippen LogP contribution in [0.25, 0.3) is 0 Å². The highest BCUT2D eigenvalue weighted by molar-refractivity contribution is 7.47. The van der Waals surface area contributed by atoms with Crippen LogP contribution >= 0.6 is 15.6 Å². The summed E-state index contributed by atoms with van der Waals surface area (Å²) in [5, 5.41) is 10.6. The van der Waals surface area contributed by atoms with Gasteiger partial charge < -0.3 is 33.8 Å². The molecule has 17 nitrogen and oxygen atoms in total. The molecule has 0 aliphatic carbocycles. The van der Waals surface area contributed by atoms with E-state index in [0.717, 1.165) is 109 Å². The fraction of sp³-hybridized carbons (Fsp3) is 0.949. The molecule has 0 aromatic rings. The lowest BCUT2D eigenvalue weighted by Gasteiger charge is -2.21. The van der Waals surface area contributed by atoms with Crippen LogP contribution in [0.2, 0.25) is 0 Å². The summed E-state index contributed by atoms with van der Waals surface area (Å²) in [6.45, 7) is 7.27. The van der Waals surface area contributed by atoms with Gasteiger partial charge in [0.05, 0.1) is 26.4 Å². The molecule has 582 valence electrons. The van der Waals surface area contributed by atoms with Gasteiger partial charge in [-0.2, -0.15) is 0 Å². The fourth-order valence-electron chi connectivity index (χ4n) is 12.2. The molecule has 98 heavy (non-hydrogen) atoms. The van der Waals surface area contributed by atoms with Gasteiger partial charge in [-0.3, -0.25) is 37.3 Å². The molecule has 0 bridgehead atoms. The van der Waals surface area contributed by atoms with Crippen molar-refractivity contribution in [1.82, 2.24) is 0 Å². The Morgan fingerprint density at radius 3 is 0.694 bits per heavy atom. The van der Waals surface area contributed by atoms with E-state index in [4.69, 9.17) is 37.0 Å². The zero-order valence-corrected chi connectivity index (χ0v) is 65.7. The van der Waals surface area contributed by atoms with Crippen LogP contribution in [0.3, 0.4) is 0 Å². The summed E-state index contributed by atoms with van der Waals surface area (Å²) >= 11 is 0. The number of carbonyl (C=O) groups excluding carboxylic acids is 4. The maximum atomic E-state index is 13.1. The second-order valence-electron chi connectivity index (χ2n) is 28.9. The molecule has 0 saturated carbocycles. The van der Waals surface area contributed by atoms with Crippen molar-refractivity contribution in [3.05, 3.63) is 0 Å². The van der Waals surface area contributed by atoms with Crippen LogP contribution in [0.15, 0.2) is 0 Å². The Morgan fingerprint density at radius 1 is 0.276 bits per heavy atom. The Bertz CT molecular complexity index is 1870. The first-order chi connectivity index (χ1) is 47.5. The molecular weight excluding hydrogens is 1280 g/mol. The van der Waals surface area contributed by atoms with Crippen LogP contribution in [0, 0.1) is 5.92 Å². The summed E-state index contributed by atoms with van der Waals surface area (Å²) in [5.74, 6) is -1.35. The monoisotopic (exact) mass is 1440 g/mol. The second-order valence-corrected chi connectivity index (χ2v) is 31.8. The Hall–Kier alpha value is -1.94. The van der Waals surface area contributed by atoms with Gasteiger partial charge in [-0.1, -0.05) is 369 Å². The minimum atomic E-state index is -4.96. The SMILES string of the molecule is CCCCCCCCCCCCCCCCCCCCCCC(=O)O[C@H](COC(=O)CCCCCCCCCCCCCCCCCCC)COP(=O)(O)OC[C@@H](O)COP(=O)(O)OC[C@@H](COC(=O)CCCCCCCCC)OC(=O)CCCCCCCCCCCCCC(C)C. The van der Waals surface area contributed by atoms with Crippen molar-refractivity contribution in [3.63, 3.8) is 0 Å². The third-order valence-electron chi connectivity index (χ3n) is 18.5. The first-order valence-electron chi connectivity index (χ1n) is 41.1. The van der Waals surface area contributed by atoms with Gasteiger partial charge in [0.25, 0.3) is 0 Å². The number of phosphoric acid groups is 2. The molecule has 0 heterocycles. The Kier molecular flexibility index (Phi) is 70.6. The molecule has 0 aromatic carbocycles. The van der Waals surface area contributed by atoms with Crippen molar-refractivity contribution < 1.29 is 80.2 Å². The normalized spacial score (nSPS) is 13.9. The average Bonchev–Trinajstić information content (AvgIpc) is 1.01. The number of phosphoric ester groups is 2. The number of aliphatic hydroxyl groups excluding tert-OH is 1. The van der Waals surface area contributed by atoms with Crippen LogP contribution in [-0.2, 0) is 65.4 Å². The molecule has 0 rings (SSSR count). The quantitative estimate of drug-likeness (QED) is 0.0222. The number of aliphatic hydroxyl groups is 1. The third kappa shape index (κ3) is 72.4. The molecule has 2 unspecified atom stereocenters. The molecule has 3 N–H and O–H groups in total. The highest BCUT2D eigenvalue weighted by atomic mass is 31.2. The van der Waals surface area contributed by atoms with Crippen molar-refractivity contribution in [3.8, 4) is 0 Å². The van der Waals surface area contributed by atoms with E-state index in [-0.39, 0.29) is 25.7 Å². The average molecular weight is 1440 g/mol. The maximum absolute atomic E-state index is 13.1. The zero-order valence-electron chi connectivity index (χ0n) is 63.9. The molecule has 0 radical (unpaired) electrons. The number of hydrogen-bond acceptors (Lipinski definition) is 15. The van der Waals surface area contributed by atoms with E-state index in [9.17, 15) is 43.2 Å². The van der Waals surface area contributed by atoms with Gasteiger partial charge in [-0.05, 0) is 31.6 Å². The number of esters is 4. The van der Waals surface area contributed by atoms with E-state index in [1.54, 1.807) is 0 Å².